The van der Waals surface area contributed by atoms with Crippen LogP contribution >= 0.6 is 27.5 Å². The number of hydrogen-bond donors (Lipinski definition) is 1. The van der Waals surface area contributed by atoms with Crippen LogP contribution in [0.5, 0.6) is 0 Å². The SMILES string of the molecule is Cc1cc(Br)cc(C(=O)Nc2cnc(Cl)cc2C)c1. The van der Waals surface area contributed by atoms with Crippen LogP contribution in [0.15, 0.2) is 34.9 Å². The van der Waals surface area contributed by atoms with E-state index in [0.717, 1.165) is 15.6 Å². The third-order valence-electron chi connectivity index (χ3n) is 2.63. The van der Waals surface area contributed by atoms with Gasteiger partial charge in [-0.15, -0.1) is 0 Å². The van der Waals surface area contributed by atoms with Crippen molar-refractivity contribution in [3.63, 3.8) is 0 Å². The standard InChI is InChI=1S/C14H12BrClN2O/c1-8-3-10(6-11(15)4-8)14(19)18-12-7-17-13(16)5-9(12)2/h3-7H,1-2H3,(H,18,19). The quantitative estimate of drug-likeness (QED) is 0.826. The molecule has 0 aliphatic heterocycles. The Morgan fingerprint density at radius 2 is 2.00 bits per heavy atom. The first-order chi connectivity index (χ1) is 8.95. The Kier molecular flexibility index (Phi) is 4.22. The lowest BCUT2D eigenvalue weighted by molar-refractivity contribution is 0.102. The molecule has 0 aliphatic carbocycles. The van der Waals surface area contributed by atoms with Gasteiger partial charge in [0.25, 0.3) is 5.91 Å². The number of hydrogen-bond acceptors (Lipinski definition) is 2. The Morgan fingerprint density at radius 1 is 1.26 bits per heavy atom. The zero-order valence-electron chi connectivity index (χ0n) is 10.5. The van der Waals surface area contributed by atoms with Crippen LogP contribution in [0.25, 0.3) is 0 Å². The zero-order valence-corrected chi connectivity index (χ0v) is 12.8. The van der Waals surface area contributed by atoms with Gasteiger partial charge in [-0.05, 0) is 49.2 Å². The highest BCUT2D eigenvalue weighted by atomic mass is 79.9. The smallest absolute Gasteiger partial charge is 0.255 e. The van der Waals surface area contributed by atoms with Crippen LogP contribution in [0.3, 0.4) is 0 Å². The molecule has 0 saturated heterocycles. The van der Waals surface area contributed by atoms with Gasteiger partial charge in [0, 0.05) is 10.0 Å². The van der Waals surface area contributed by atoms with E-state index < -0.39 is 0 Å². The van der Waals surface area contributed by atoms with Gasteiger partial charge in [0.2, 0.25) is 0 Å². The fraction of sp³-hybridized carbons (Fsp3) is 0.143. The molecule has 0 radical (unpaired) electrons. The summed E-state index contributed by atoms with van der Waals surface area (Å²) in [6, 6.07) is 7.27. The summed E-state index contributed by atoms with van der Waals surface area (Å²) in [5, 5.41) is 3.24. The number of halogens is 2. The van der Waals surface area contributed by atoms with E-state index >= 15 is 0 Å². The van der Waals surface area contributed by atoms with Gasteiger partial charge >= 0.3 is 0 Å². The van der Waals surface area contributed by atoms with Crippen molar-refractivity contribution >= 4 is 39.1 Å². The predicted molar refractivity (Wildman–Crippen MR) is 80.8 cm³/mol. The molecule has 1 heterocycles. The predicted octanol–water partition coefficient (Wildman–Crippen LogP) is 4.37. The molecule has 2 aromatic rings. The highest BCUT2D eigenvalue weighted by molar-refractivity contribution is 9.10. The molecule has 0 aliphatic rings. The molecule has 1 amide bonds. The summed E-state index contributed by atoms with van der Waals surface area (Å²) in [6.07, 6.45) is 1.56. The van der Waals surface area contributed by atoms with Crippen molar-refractivity contribution in [3.8, 4) is 0 Å². The maximum absolute atomic E-state index is 12.2. The van der Waals surface area contributed by atoms with Gasteiger partial charge in [0.15, 0.2) is 0 Å². The molecule has 0 fully saturated rings. The van der Waals surface area contributed by atoms with E-state index in [-0.39, 0.29) is 5.91 Å². The molecule has 1 aromatic carbocycles. The number of nitrogens with one attached hydrogen (secondary N) is 1. The fourth-order valence-electron chi connectivity index (χ4n) is 1.71. The van der Waals surface area contributed by atoms with E-state index in [2.05, 4.69) is 26.2 Å². The number of aryl methyl sites for hydroxylation is 2. The van der Waals surface area contributed by atoms with Crippen molar-refractivity contribution < 1.29 is 4.79 Å². The summed E-state index contributed by atoms with van der Waals surface area (Å²) >= 11 is 9.16. The topological polar surface area (TPSA) is 42.0 Å². The number of carbonyl (C=O) groups is 1. The molecule has 98 valence electrons. The molecule has 0 bridgehead atoms. The average molecular weight is 340 g/mol. The number of carbonyl (C=O) groups excluding carboxylic acids is 1. The van der Waals surface area contributed by atoms with Gasteiger partial charge in [-0.3, -0.25) is 4.79 Å². The third kappa shape index (κ3) is 3.55. The van der Waals surface area contributed by atoms with E-state index in [1.807, 2.05) is 26.0 Å². The minimum Gasteiger partial charge on any atom is -0.320 e. The molecule has 1 aromatic heterocycles. The first kappa shape index (κ1) is 14.0. The van der Waals surface area contributed by atoms with Crippen LogP contribution in [-0.2, 0) is 0 Å². The van der Waals surface area contributed by atoms with Gasteiger partial charge in [0.1, 0.15) is 5.15 Å². The summed E-state index contributed by atoms with van der Waals surface area (Å²) in [5.41, 5.74) is 3.15. The third-order valence-corrected chi connectivity index (χ3v) is 3.29. The van der Waals surface area contributed by atoms with E-state index in [0.29, 0.717) is 16.4 Å². The van der Waals surface area contributed by atoms with Crippen LogP contribution < -0.4 is 5.32 Å². The van der Waals surface area contributed by atoms with Crippen molar-refractivity contribution in [2.75, 3.05) is 5.32 Å². The van der Waals surface area contributed by atoms with Crippen molar-refractivity contribution in [2.45, 2.75) is 13.8 Å². The van der Waals surface area contributed by atoms with Crippen molar-refractivity contribution in [2.24, 2.45) is 0 Å². The molecule has 1 N–H and O–H groups in total. The maximum Gasteiger partial charge on any atom is 0.255 e. The lowest BCUT2D eigenvalue weighted by atomic mass is 10.1. The molecule has 5 heteroatoms. The van der Waals surface area contributed by atoms with Gasteiger partial charge in [0.05, 0.1) is 11.9 Å². The minimum absolute atomic E-state index is 0.170. The van der Waals surface area contributed by atoms with Crippen molar-refractivity contribution in [1.29, 1.82) is 0 Å². The van der Waals surface area contributed by atoms with Crippen molar-refractivity contribution in [1.82, 2.24) is 4.98 Å². The van der Waals surface area contributed by atoms with E-state index in [9.17, 15) is 4.79 Å². The monoisotopic (exact) mass is 338 g/mol. The number of aromatic nitrogens is 1. The molecule has 19 heavy (non-hydrogen) atoms. The van der Waals surface area contributed by atoms with E-state index in [4.69, 9.17) is 11.6 Å². The van der Waals surface area contributed by atoms with Gasteiger partial charge < -0.3 is 5.32 Å². The van der Waals surface area contributed by atoms with Crippen molar-refractivity contribution in [3.05, 3.63) is 56.8 Å². The molecular formula is C14H12BrClN2O. The lowest BCUT2D eigenvalue weighted by Gasteiger charge is -2.09. The molecule has 0 atom stereocenters. The number of amides is 1. The number of pyridine rings is 1. The lowest BCUT2D eigenvalue weighted by Crippen LogP contribution is -2.13. The van der Waals surface area contributed by atoms with Gasteiger partial charge in [-0.25, -0.2) is 4.98 Å². The summed E-state index contributed by atoms with van der Waals surface area (Å²) in [5.74, 6) is -0.170. The normalized spacial score (nSPS) is 10.3. The Balaban J connectivity index is 2.25. The maximum atomic E-state index is 12.2. The molecule has 0 unspecified atom stereocenters. The summed E-state index contributed by atoms with van der Waals surface area (Å²) in [6.45, 7) is 3.81. The first-order valence-electron chi connectivity index (χ1n) is 5.66. The molecule has 0 saturated carbocycles. The largest absolute Gasteiger partial charge is 0.320 e. The Labute approximate surface area is 125 Å². The second-order valence-electron chi connectivity index (χ2n) is 4.29. The number of benzene rings is 1. The minimum atomic E-state index is -0.170. The second-order valence-corrected chi connectivity index (χ2v) is 5.60. The Morgan fingerprint density at radius 3 is 2.63 bits per heavy atom. The van der Waals surface area contributed by atoms with E-state index in [1.165, 1.54) is 0 Å². The highest BCUT2D eigenvalue weighted by Gasteiger charge is 2.09. The van der Waals surface area contributed by atoms with Gasteiger partial charge in [-0.2, -0.15) is 0 Å². The second kappa shape index (κ2) is 5.72. The summed E-state index contributed by atoms with van der Waals surface area (Å²) in [4.78, 5) is 16.1. The van der Waals surface area contributed by atoms with Crippen LogP contribution in [0, 0.1) is 13.8 Å². The zero-order chi connectivity index (χ0) is 14.0. The van der Waals surface area contributed by atoms with E-state index in [1.54, 1.807) is 18.3 Å². The fourth-order valence-corrected chi connectivity index (χ4v) is 2.53. The summed E-state index contributed by atoms with van der Waals surface area (Å²) < 4.78 is 0.878. The molecule has 0 spiro atoms. The number of nitrogens with zero attached hydrogens (tertiary/aromatic N) is 1. The number of rotatable bonds is 2. The Hall–Kier alpha value is -1.39. The number of anilines is 1. The molecular weight excluding hydrogens is 328 g/mol. The average Bonchev–Trinajstić information content (AvgIpc) is 2.31. The van der Waals surface area contributed by atoms with Crippen LogP contribution in [-0.4, -0.2) is 10.9 Å². The molecule has 3 nitrogen and oxygen atoms in total. The highest BCUT2D eigenvalue weighted by Crippen LogP contribution is 2.19. The van der Waals surface area contributed by atoms with Crippen LogP contribution in [0.1, 0.15) is 21.5 Å². The Bertz CT molecular complexity index is 623. The first-order valence-corrected chi connectivity index (χ1v) is 6.83. The van der Waals surface area contributed by atoms with Gasteiger partial charge in [-0.1, -0.05) is 27.5 Å². The van der Waals surface area contributed by atoms with Crippen LogP contribution in [0.2, 0.25) is 5.15 Å². The summed E-state index contributed by atoms with van der Waals surface area (Å²) in [7, 11) is 0. The van der Waals surface area contributed by atoms with Crippen LogP contribution in [0.4, 0.5) is 5.69 Å². The molecule has 2 rings (SSSR count).